The standard InChI is InChI=1S/C11H18N2O3/c1-4-5(2)8(12)9(14)7-6(3)10(15)13-11(7)16/h5,8,13,15-16H,4,12H2,1-3H3/t5-,8-/m0/s1. The first-order valence-electron chi connectivity index (χ1n) is 5.30. The maximum Gasteiger partial charge on any atom is 0.202 e. The molecule has 0 amide bonds. The number of aromatic nitrogens is 1. The number of hydrogen-bond acceptors (Lipinski definition) is 4. The van der Waals surface area contributed by atoms with E-state index in [1.165, 1.54) is 0 Å². The van der Waals surface area contributed by atoms with Crippen LogP contribution in [0.4, 0.5) is 0 Å². The molecule has 1 rings (SSSR count). The molecule has 1 heterocycles. The fraction of sp³-hybridized carbons (Fsp3) is 0.545. The second kappa shape index (κ2) is 4.57. The Kier molecular flexibility index (Phi) is 3.59. The Bertz CT molecular complexity index is 398. The molecule has 0 bridgehead atoms. The largest absolute Gasteiger partial charge is 0.494 e. The summed E-state index contributed by atoms with van der Waals surface area (Å²) < 4.78 is 0. The zero-order valence-corrected chi connectivity index (χ0v) is 9.74. The van der Waals surface area contributed by atoms with E-state index in [0.717, 1.165) is 6.42 Å². The third kappa shape index (κ3) is 2.04. The van der Waals surface area contributed by atoms with Gasteiger partial charge in [-0.05, 0) is 12.8 Å². The van der Waals surface area contributed by atoms with Crippen LogP contribution in [0.2, 0.25) is 0 Å². The first-order valence-corrected chi connectivity index (χ1v) is 5.30. The molecule has 1 aromatic heterocycles. The van der Waals surface area contributed by atoms with Gasteiger partial charge in [0.1, 0.15) is 0 Å². The van der Waals surface area contributed by atoms with E-state index < -0.39 is 6.04 Å². The number of Topliss-reactive ketones (excluding diaryl/α,β-unsaturated/α-hetero) is 1. The average Bonchev–Trinajstić information content (AvgIpc) is 2.50. The van der Waals surface area contributed by atoms with Crippen LogP contribution in [-0.2, 0) is 0 Å². The van der Waals surface area contributed by atoms with Crippen molar-refractivity contribution in [1.82, 2.24) is 4.98 Å². The molecule has 5 heteroatoms. The molecule has 0 spiro atoms. The van der Waals surface area contributed by atoms with Gasteiger partial charge in [-0.15, -0.1) is 0 Å². The van der Waals surface area contributed by atoms with Gasteiger partial charge >= 0.3 is 0 Å². The monoisotopic (exact) mass is 226 g/mol. The van der Waals surface area contributed by atoms with Gasteiger partial charge in [0, 0.05) is 5.56 Å². The highest BCUT2D eigenvalue weighted by Gasteiger charge is 2.27. The fourth-order valence-electron chi connectivity index (χ4n) is 1.54. The maximum atomic E-state index is 12.0. The molecule has 0 radical (unpaired) electrons. The minimum Gasteiger partial charge on any atom is -0.494 e. The van der Waals surface area contributed by atoms with E-state index in [9.17, 15) is 15.0 Å². The number of nitrogens with one attached hydrogen (secondary N) is 1. The number of carbonyl (C=O) groups is 1. The molecule has 2 atom stereocenters. The van der Waals surface area contributed by atoms with Crippen molar-refractivity contribution in [3.63, 3.8) is 0 Å². The number of ketones is 1. The molecule has 0 saturated heterocycles. The van der Waals surface area contributed by atoms with Crippen molar-refractivity contribution in [2.75, 3.05) is 0 Å². The molecular formula is C11H18N2O3. The van der Waals surface area contributed by atoms with E-state index in [1.54, 1.807) is 6.92 Å². The fourth-order valence-corrected chi connectivity index (χ4v) is 1.54. The molecule has 16 heavy (non-hydrogen) atoms. The van der Waals surface area contributed by atoms with Crippen molar-refractivity contribution in [3.8, 4) is 11.8 Å². The number of carbonyl (C=O) groups excluding carboxylic acids is 1. The Morgan fingerprint density at radius 1 is 1.44 bits per heavy atom. The van der Waals surface area contributed by atoms with Gasteiger partial charge in [-0.3, -0.25) is 9.78 Å². The van der Waals surface area contributed by atoms with E-state index >= 15 is 0 Å². The Morgan fingerprint density at radius 2 is 2.00 bits per heavy atom. The van der Waals surface area contributed by atoms with E-state index in [1.807, 2.05) is 13.8 Å². The van der Waals surface area contributed by atoms with Gasteiger partial charge in [-0.2, -0.15) is 0 Å². The van der Waals surface area contributed by atoms with Crippen molar-refractivity contribution < 1.29 is 15.0 Å². The third-order valence-corrected chi connectivity index (χ3v) is 3.01. The Balaban J connectivity index is 3.05. The van der Waals surface area contributed by atoms with Gasteiger partial charge < -0.3 is 15.9 Å². The first kappa shape index (κ1) is 12.6. The summed E-state index contributed by atoms with van der Waals surface area (Å²) in [5.74, 6) is -0.833. The second-order valence-corrected chi connectivity index (χ2v) is 4.10. The zero-order valence-electron chi connectivity index (χ0n) is 9.74. The van der Waals surface area contributed by atoms with Crippen LogP contribution >= 0.6 is 0 Å². The topological polar surface area (TPSA) is 99.3 Å². The number of nitrogens with two attached hydrogens (primary N) is 1. The summed E-state index contributed by atoms with van der Waals surface area (Å²) in [7, 11) is 0. The Labute approximate surface area is 94.3 Å². The van der Waals surface area contributed by atoms with E-state index in [2.05, 4.69) is 4.98 Å². The van der Waals surface area contributed by atoms with Crippen LogP contribution in [0.25, 0.3) is 0 Å². The third-order valence-electron chi connectivity index (χ3n) is 3.01. The predicted octanol–water partition coefficient (Wildman–Crippen LogP) is 1.29. The van der Waals surface area contributed by atoms with Crippen molar-refractivity contribution in [2.24, 2.45) is 11.7 Å². The summed E-state index contributed by atoms with van der Waals surface area (Å²) in [6, 6.07) is -0.662. The van der Waals surface area contributed by atoms with Crippen LogP contribution in [0, 0.1) is 12.8 Å². The van der Waals surface area contributed by atoms with E-state index in [4.69, 9.17) is 5.73 Å². The lowest BCUT2D eigenvalue weighted by molar-refractivity contribution is 0.0931. The first-order chi connectivity index (χ1) is 7.40. The molecule has 0 aromatic carbocycles. The molecule has 0 aliphatic rings. The van der Waals surface area contributed by atoms with Gasteiger partial charge in [0.25, 0.3) is 0 Å². The number of aromatic hydroxyl groups is 2. The maximum absolute atomic E-state index is 12.0. The quantitative estimate of drug-likeness (QED) is 0.581. The Morgan fingerprint density at radius 3 is 2.38 bits per heavy atom. The van der Waals surface area contributed by atoms with Crippen LogP contribution in [0.3, 0.4) is 0 Å². The van der Waals surface area contributed by atoms with Gasteiger partial charge in [-0.1, -0.05) is 20.3 Å². The summed E-state index contributed by atoms with van der Waals surface area (Å²) in [5.41, 5.74) is 6.22. The molecule has 0 aliphatic carbocycles. The number of hydrogen-bond donors (Lipinski definition) is 4. The van der Waals surface area contributed by atoms with Gasteiger partial charge in [-0.25, -0.2) is 0 Å². The van der Waals surface area contributed by atoms with E-state index in [0.29, 0.717) is 5.56 Å². The van der Waals surface area contributed by atoms with Crippen molar-refractivity contribution in [1.29, 1.82) is 0 Å². The van der Waals surface area contributed by atoms with Crippen molar-refractivity contribution in [2.45, 2.75) is 33.2 Å². The predicted molar refractivity (Wildman–Crippen MR) is 60.6 cm³/mol. The highest BCUT2D eigenvalue weighted by Crippen LogP contribution is 2.29. The van der Waals surface area contributed by atoms with Crippen LogP contribution in [0.1, 0.15) is 36.2 Å². The summed E-state index contributed by atoms with van der Waals surface area (Å²) in [5, 5.41) is 18.8. The molecule has 5 N–H and O–H groups in total. The van der Waals surface area contributed by atoms with Crippen molar-refractivity contribution in [3.05, 3.63) is 11.1 Å². The minimum absolute atomic E-state index is 0.0309. The summed E-state index contributed by atoms with van der Waals surface area (Å²) in [6.45, 7) is 5.38. The molecule has 90 valence electrons. The second-order valence-electron chi connectivity index (χ2n) is 4.10. The number of H-pyrrole nitrogens is 1. The molecule has 1 aromatic rings. The van der Waals surface area contributed by atoms with Gasteiger partial charge in [0.2, 0.25) is 5.88 Å². The van der Waals surface area contributed by atoms with Gasteiger partial charge in [0.05, 0.1) is 11.6 Å². The van der Waals surface area contributed by atoms with Crippen LogP contribution < -0.4 is 5.73 Å². The van der Waals surface area contributed by atoms with Gasteiger partial charge in [0.15, 0.2) is 11.7 Å². The molecule has 5 nitrogen and oxygen atoms in total. The lowest BCUT2D eigenvalue weighted by Crippen LogP contribution is -2.36. The zero-order chi connectivity index (χ0) is 12.5. The van der Waals surface area contributed by atoms with E-state index in [-0.39, 0.29) is 29.0 Å². The highest BCUT2D eigenvalue weighted by atomic mass is 16.3. The summed E-state index contributed by atoms with van der Waals surface area (Å²) in [6.07, 6.45) is 0.781. The molecule has 0 fully saturated rings. The minimum atomic E-state index is -0.662. The van der Waals surface area contributed by atoms with Crippen LogP contribution in [0.5, 0.6) is 11.8 Å². The highest BCUT2D eigenvalue weighted by molar-refractivity contribution is 6.03. The molecule has 0 saturated carbocycles. The smallest absolute Gasteiger partial charge is 0.202 e. The van der Waals surface area contributed by atoms with Crippen LogP contribution in [0.15, 0.2) is 0 Å². The molecule has 0 aliphatic heterocycles. The molecule has 0 unspecified atom stereocenters. The average molecular weight is 226 g/mol. The summed E-state index contributed by atoms with van der Waals surface area (Å²) in [4.78, 5) is 14.3. The Hall–Kier alpha value is -1.49. The van der Waals surface area contributed by atoms with Crippen LogP contribution in [-0.4, -0.2) is 27.0 Å². The lowest BCUT2D eigenvalue weighted by atomic mass is 9.92. The number of rotatable bonds is 4. The number of aromatic amines is 1. The van der Waals surface area contributed by atoms with Crippen molar-refractivity contribution >= 4 is 5.78 Å². The normalized spacial score (nSPS) is 14.8. The molecular weight excluding hydrogens is 208 g/mol. The SMILES string of the molecule is CC[C@H](C)[C@H](N)C(=O)c1c(O)[nH]c(O)c1C. The lowest BCUT2D eigenvalue weighted by Gasteiger charge is -2.16. The summed E-state index contributed by atoms with van der Waals surface area (Å²) >= 11 is 0.